The van der Waals surface area contributed by atoms with Crippen LogP contribution in [0.4, 0.5) is 0 Å². The molecule has 7 unspecified atom stereocenters. The van der Waals surface area contributed by atoms with E-state index in [1.165, 1.54) is 161 Å². The van der Waals surface area contributed by atoms with Crippen LogP contribution in [-0.2, 0) is 0 Å². The van der Waals surface area contributed by atoms with Crippen LogP contribution in [0.1, 0.15) is 174 Å². The van der Waals surface area contributed by atoms with Gasteiger partial charge in [0.1, 0.15) is 0 Å². The van der Waals surface area contributed by atoms with E-state index in [2.05, 4.69) is 39.2 Å². The van der Waals surface area contributed by atoms with Gasteiger partial charge in [-0.05, 0) is 117 Å². The molecule has 0 amide bonds. The molecule has 0 aliphatic heterocycles. The first-order valence-corrected chi connectivity index (χ1v) is 18.8. The van der Waals surface area contributed by atoms with Crippen molar-refractivity contribution < 1.29 is 0 Å². The summed E-state index contributed by atoms with van der Waals surface area (Å²) in [5, 5.41) is 0.429. The van der Waals surface area contributed by atoms with Crippen LogP contribution in [0, 0.1) is 39.9 Å². The van der Waals surface area contributed by atoms with Gasteiger partial charge in [-0.3, -0.25) is 0 Å². The quantitative estimate of drug-likeness (QED) is 0.0982. The number of halogens is 1. The Morgan fingerprint density at radius 1 is 0.725 bits per heavy atom. The smallest absolute Gasteiger partial charge is 0.0409 e. The van der Waals surface area contributed by atoms with Crippen LogP contribution >= 0.6 is 11.6 Å². The van der Waals surface area contributed by atoms with E-state index in [1.54, 1.807) is 0 Å². The van der Waals surface area contributed by atoms with Crippen LogP contribution < -0.4 is 0 Å². The molecule has 4 aliphatic rings. The average molecular weight is 571 g/mol. The lowest BCUT2D eigenvalue weighted by Crippen LogP contribution is -2.47. The molecule has 0 aromatic carbocycles. The van der Waals surface area contributed by atoms with Gasteiger partial charge in [0, 0.05) is 5.38 Å². The molecule has 4 saturated carbocycles. The summed E-state index contributed by atoms with van der Waals surface area (Å²) in [7, 11) is 0. The minimum Gasteiger partial charge on any atom is -0.122 e. The second-order valence-electron chi connectivity index (χ2n) is 15.5. The van der Waals surface area contributed by atoms with E-state index >= 15 is 0 Å². The van der Waals surface area contributed by atoms with E-state index in [0.29, 0.717) is 21.6 Å². The zero-order valence-corrected chi connectivity index (χ0v) is 27.8. The molecule has 4 rings (SSSR count). The van der Waals surface area contributed by atoms with Crippen molar-refractivity contribution in [1.29, 1.82) is 0 Å². The Balaban J connectivity index is 1.60. The van der Waals surface area contributed by atoms with E-state index < -0.39 is 0 Å². The Kier molecular flexibility index (Phi) is 12.6. The molecule has 8 atom stereocenters. The number of rotatable bonds is 16. The lowest BCUT2D eigenvalue weighted by molar-refractivity contribution is -0.0524. The first-order valence-electron chi connectivity index (χ1n) is 18.3. The van der Waals surface area contributed by atoms with Crippen LogP contribution in [-0.4, -0.2) is 5.38 Å². The number of unbranched alkanes of at least 4 members (excludes halogenated alkanes) is 6. The van der Waals surface area contributed by atoms with Crippen LogP contribution in [0.5, 0.6) is 0 Å². The van der Waals surface area contributed by atoms with Gasteiger partial charge in [-0.15, -0.1) is 24.8 Å². The first-order chi connectivity index (χ1) is 19.5. The fourth-order valence-electron chi connectivity index (χ4n) is 11.3. The van der Waals surface area contributed by atoms with Gasteiger partial charge in [-0.2, -0.15) is 0 Å². The molecule has 1 spiro atoms. The molecule has 0 radical (unpaired) electrons. The normalized spacial score (nSPS) is 40.0. The van der Waals surface area contributed by atoms with Gasteiger partial charge in [-0.1, -0.05) is 109 Å². The molecule has 40 heavy (non-hydrogen) atoms. The van der Waals surface area contributed by atoms with Crippen molar-refractivity contribution in [1.82, 2.24) is 0 Å². The van der Waals surface area contributed by atoms with Gasteiger partial charge in [0.2, 0.25) is 0 Å². The lowest BCUT2D eigenvalue weighted by atomic mass is 9.50. The summed E-state index contributed by atoms with van der Waals surface area (Å²) in [5.41, 5.74) is 1.50. The molecule has 4 aliphatic carbocycles. The molecule has 0 aromatic heterocycles. The molecular formula is C39H67Cl. The van der Waals surface area contributed by atoms with E-state index in [-0.39, 0.29) is 0 Å². The minimum absolute atomic E-state index is 0.429. The van der Waals surface area contributed by atoms with Gasteiger partial charge in [0.25, 0.3) is 0 Å². The van der Waals surface area contributed by atoms with Crippen molar-refractivity contribution in [3.63, 3.8) is 0 Å². The minimum atomic E-state index is 0.429. The topological polar surface area (TPSA) is 0 Å². The highest BCUT2D eigenvalue weighted by Gasteiger charge is 2.70. The molecule has 0 N–H and O–H groups in total. The van der Waals surface area contributed by atoms with Gasteiger partial charge in [0.05, 0.1) is 0 Å². The molecule has 0 bridgehead atoms. The number of hydrogen-bond donors (Lipinski definition) is 0. The fourth-order valence-corrected chi connectivity index (χ4v) is 12.1. The van der Waals surface area contributed by atoms with E-state index in [0.717, 1.165) is 23.7 Å². The molecule has 0 nitrogen and oxygen atoms in total. The van der Waals surface area contributed by atoms with Crippen molar-refractivity contribution in [2.45, 2.75) is 180 Å². The molecule has 0 heterocycles. The fraction of sp³-hybridized carbons (Fsp3) is 0.897. The maximum Gasteiger partial charge on any atom is 0.0409 e. The predicted molar refractivity (Wildman–Crippen MR) is 178 cm³/mol. The maximum atomic E-state index is 7.70. The lowest BCUT2D eigenvalue weighted by Gasteiger charge is -2.54. The Labute approximate surface area is 256 Å². The van der Waals surface area contributed by atoms with Crippen molar-refractivity contribution in [2.75, 3.05) is 0 Å². The molecular weight excluding hydrogens is 504 g/mol. The Hall–Kier alpha value is -0.230. The molecule has 1 heteroatoms. The first kappa shape index (κ1) is 32.7. The van der Waals surface area contributed by atoms with Crippen molar-refractivity contribution in [2.24, 2.45) is 39.9 Å². The van der Waals surface area contributed by atoms with E-state index in [9.17, 15) is 0 Å². The highest BCUT2D eigenvalue weighted by atomic mass is 35.5. The number of alkyl halides is 1. The predicted octanol–water partition coefficient (Wildman–Crippen LogP) is 13.2. The van der Waals surface area contributed by atoms with Crippen LogP contribution in [0.2, 0.25) is 0 Å². The largest absolute Gasteiger partial charge is 0.122 e. The molecule has 230 valence electrons. The standard InChI is InChI=1S/C39H67Cl/c1-5-8-11-12-18-27-38(28-20-23-32(31-38)22-15-9-6-2)35-34(36(35)40)37(4)26-17-13-14-19-29-39(37)30-21-25-33(39)24-16-10-7-3/h6-7,32-36H,2-3,5,8-31H2,1,4H3/t32?,33?,34?,35?,36-,37?,38?,39?/m1/s1. The van der Waals surface area contributed by atoms with Gasteiger partial charge < -0.3 is 0 Å². The Morgan fingerprint density at radius 3 is 2.15 bits per heavy atom. The maximum absolute atomic E-state index is 7.70. The van der Waals surface area contributed by atoms with E-state index in [1.807, 2.05) is 0 Å². The summed E-state index contributed by atoms with van der Waals surface area (Å²) < 4.78 is 0. The van der Waals surface area contributed by atoms with Crippen LogP contribution in [0.3, 0.4) is 0 Å². The monoisotopic (exact) mass is 570 g/mol. The van der Waals surface area contributed by atoms with E-state index in [4.69, 9.17) is 11.6 Å². The highest BCUT2D eigenvalue weighted by molar-refractivity contribution is 6.23. The summed E-state index contributed by atoms with van der Waals surface area (Å²) >= 11 is 7.70. The average Bonchev–Trinajstić information content (AvgIpc) is 3.47. The van der Waals surface area contributed by atoms with Crippen LogP contribution in [0.15, 0.2) is 25.3 Å². The second-order valence-corrected chi connectivity index (χ2v) is 16.0. The van der Waals surface area contributed by atoms with Crippen LogP contribution in [0.25, 0.3) is 0 Å². The number of allylic oxidation sites excluding steroid dienone is 2. The summed E-state index contributed by atoms with van der Waals surface area (Å²) in [4.78, 5) is 0. The van der Waals surface area contributed by atoms with Crippen molar-refractivity contribution >= 4 is 11.6 Å². The van der Waals surface area contributed by atoms with Crippen molar-refractivity contribution in [3.05, 3.63) is 25.3 Å². The summed E-state index contributed by atoms with van der Waals surface area (Å²) in [6, 6.07) is 0. The zero-order chi connectivity index (χ0) is 28.5. The zero-order valence-electron chi connectivity index (χ0n) is 27.0. The van der Waals surface area contributed by atoms with Gasteiger partial charge >= 0.3 is 0 Å². The summed E-state index contributed by atoms with van der Waals surface area (Å²) in [6.07, 6.45) is 39.8. The second kappa shape index (κ2) is 15.5. The molecule has 0 saturated heterocycles. The van der Waals surface area contributed by atoms with Gasteiger partial charge in [-0.25, -0.2) is 0 Å². The summed E-state index contributed by atoms with van der Waals surface area (Å²) in [5.74, 6) is 3.38. The van der Waals surface area contributed by atoms with Gasteiger partial charge in [0.15, 0.2) is 0 Å². The summed E-state index contributed by atoms with van der Waals surface area (Å²) in [6.45, 7) is 13.2. The molecule has 4 fully saturated rings. The SMILES string of the molecule is C=CCCCC1CCCC(CCCCCCC)(C2C(C3(C)CCCCCCC34CCCC4CCCC=C)[C@H]2Cl)C1. The third-order valence-electron chi connectivity index (χ3n) is 13.3. The third-order valence-corrected chi connectivity index (χ3v) is 13.8. The third kappa shape index (κ3) is 7.11. The number of hydrogen-bond acceptors (Lipinski definition) is 0. The van der Waals surface area contributed by atoms with Crippen molar-refractivity contribution in [3.8, 4) is 0 Å². The Morgan fingerprint density at radius 2 is 1.40 bits per heavy atom. The highest BCUT2D eigenvalue weighted by Crippen LogP contribution is 2.75. The molecule has 0 aromatic rings. The Bertz CT molecular complexity index is 771.